The topological polar surface area (TPSA) is 62.6 Å². The van der Waals surface area contributed by atoms with Crippen molar-refractivity contribution in [2.45, 2.75) is 26.3 Å². The third-order valence-corrected chi connectivity index (χ3v) is 5.95. The molecule has 1 N–H and O–H groups in total. The normalized spacial score (nSPS) is 13.1. The Morgan fingerprint density at radius 1 is 1.00 bits per heavy atom. The van der Waals surface area contributed by atoms with Crippen LogP contribution in [0.25, 0.3) is 22.1 Å². The summed E-state index contributed by atoms with van der Waals surface area (Å²) in [6.45, 7) is 2.99. The molecular formula is C27H24N2O3. The van der Waals surface area contributed by atoms with Gasteiger partial charge in [0.25, 0.3) is 5.91 Å². The van der Waals surface area contributed by atoms with Crippen molar-refractivity contribution >= 4 is 28.3 Å². The second-order valence-corrected chi connectivity index (χ2v) is 8.04. The average molecular weight is 425 g/mol. The zero-order valence-electron chi connectivity index (χ0n) is 17.9. The Morgan fingerprint density at radius 2 is 1.78 bits per heavy atom. The molecule has 0 radical (unpaired) electrons. The molecule has 5 nitrogen and oxygen atoms in total. The first-order valence-corrected chi connectivity index (χ1v) is 10.9. The van der Waals surface area contributed by atoms with Gasteiger partial charge in [0.05, 0.1) is 0 Å². The second-order valence-electron chi connectivity index (χ2n) is 8.04. The Kier molecular flexibility index (Phi) is 5.23. The number of carbonyl (C=O) groups is 2. The molecule has 4 aromatic rings. The molecule has 0 fully saturated rings. The molecule has 1 aromatic heterocycles. The van der Waals surface area contributed by atoms with E-state index in [1.165, 1.54) is 0 Å². The van der Waals surface area contributed by atoms with Gasteiger partial charge in [-0.25, -0.2) is 0 Å². The van der Waals surface area contributed by atoms with Crippen molar-refractivity contribution in [3.8, 4) is 11.3 Å². The highest BCUT2D eigenvalue weighted by molar-refractivity contribution is 6.07. The van der Waals surface area contributed by atoms with E-state index in [2.05, 4.69) is 5.32 Å². The SMILES string of the molecule is CCC(=O)Nc1ccc(-c2cc3c(o2)CCN(C(=O)c2cccc4ccccc24)C3)cc1. The van der Waals surface area contributed by atoms with Crippen LogP contribution in [0.15, 0.2) is 77.2 Å². The van der Waals surface area contributed by atoms with E-state index in [0.29, 0.717) is 25.9 Å². The molecule has 3 aromatic carbocycles. The Morgan fingerprint density at radius 3 is 2.59 bits per heavy atom. The van der Waals surface area contributed by atoms with Crippen LogP contribution in [0.2, 0.25) is 0 Å². The zero-order chi connectivity index (χ0) is 22.1. The first-order chi connectivity index (χ1) is 15.6. The molecule has 0 unspecified atom stereocenters. The fraction of sp³-hybridized carbons (Fsp3) is 0.185. The molecule has 5 heteroatoms. The minimum Gasteiger partial charge on any atom is -0.461 e. The number of benzene rings is 3. The van der Waals surface area contributed by atoms with Crippen LogP contribution in [0, 0.1) is 0 Å². The van der Waals surface area contributed by atoms with Crippen LogP contribution < -0.4 is 5.32 Å². The number of carbonyl (C=O) groups excluding carboxylic acids is 2. The van der Waals surface area contributed by atoms with E-state index in [1.54, 1.807) is 0 Å². The molecule has 0 atom stereocenters. The monoisotopic (exact) mass is 424 g/mol. The van der Waals surface area contributed by atoms with E-state index in [0.717, 1.165) is 44.7 Å². The summed E-state index contributed by atoms with van der Waals surface area (Å²) in [5.41, 5.74) is 3.49. The lowest BCUT2D eigenvalue weighted by Crippen LogP contribution is -2.35. The lowest BCUT2D eigenvalue weighted by atomic mass is 10.0. The smallest absolute Gasteiger partial charge is 0.254 e. The molecule has 160 valence electrons. The Labute approximate surface area is 186 Å². The molecule has 0 spiro atoms. The molecule has 1 aliphatic heterocycles. The fourth-order valence-electron chi connectivity index (χ4n) is 4.20. The largest absolute Gasteiger partial charge is 0.461 e. The van der Waals surface area contributed by atoms with Crippen LogP contribution in [0.4, 0.5) is 5.69 Å². The van der Waals surface area contributed by atoms with E-state index in [4.69, 9.17) is 4.42 Å². The molecule has 0 saturated heterocycles. The van der Waals surface area contributed by atoms with Gasteiger partial charge >= 0.3 is 0 Å². The lowest BCUT2D eigenvalue weighted by molar-refractivity contribution is -0.115. The summed E-state index contributed by atoms with van der Waals surface area (Å²) in [7, 11) is 0. The quantitative estimate of drug-likeness (QED) is 0.461. The van der Waals surface area contributed by atoms with Crippen molar-refractivity contribution in [1.82, 2.24) is 4.90 Å². The van der Waals surface area contributed by atoms with Crippen LogP contribution in [0.1, 0.15) is 35.0 Å². The molecule has 32 heavy (non-hydrogen) atoms. The van der Waals surface area contributed by atoms with Crippen LogP contribution in [0.5, 0.6) is 0 Å². The maximum atomic E-state index is 13.3. The van der Waals surface area contributed by atoms with Gasteiger partial charge in [0.1, 0.15) is 11.5 Å². The fourth-order valence-corrected chi connectivity index (χ4v) is 4.20. The van der Waals surface area contributed by atoms with Crippen molar-refractivity contribution in [3.63, 3.8) is 0 Å². The highest BCUT2D eigenvalue weighted by Crippen LogP contribution is 2.31. The molecule has 0 aliphatic carbocycles. The Hall–Kier alpha value is -3.86. The van der Waals surface area contributed by atoms with Gasteiger partial charge in [0.15, 0.2) is 0 Å². The van der Waals surface area contributed by atoms with E-state index in [9.17, 15) is 9.59 Å². The van der Waals surface area contributed by atoms with Crippen molar-refractivity contribution in [2.75, 3.05) is 11.9 Å². The summed E-state index contributed by atoms with van der Waals surface area (Å²) in [5, 5.41) is 4.90. The third kappa shape index (κ3) is 3.78. The van der Waals surface area contributed by atoms with Gasteiger partial charge in [-0.1, -0.05) is 43.3 Å². The number of hydrogen-bond acceptors (Lipinski definition) is 3. The summed E-state index contributed by atoms with van der Waals surface area (Å²) < 4.78 is 6.11. The van der Waals surface area contributed by atoms with E-state index < -0.39 is 0 Å². The number of rotatable bonds is 4. The van der Waals surface area contributed by atoms with Crippen molar-refractivity contribution in [3.05, 3.63) is 89.7 Å². The van der Waals surface area contributed by atoms with E-state index >= 15 is 0 Å². The highest BCUT2D eigenvalue weighted by atomic mass is 16.3. The maximum absolute atomic E-state index is 13.3. The number of nitrogens with zero attached hydrogens (tertiary/aromatic N) is 1. The van der Waals surface area contributed by atoms with Gasteiger partial charge in [-0.05, 0) is 47.2 Å². The van der Waals surface area contributed by atoms with E-state index in [-0.39, 0.29) is 11.8 Å². The predicted octanol–water partition coefficient (Wildman–Crippen LogP) is 5.65. The standard InChI is InChI=1S/C27H24N2O3/c1-2-26(30)28-21-12-10-19(11-13-21)25-16-20-17-29(15-14-24(20)32-25)27(31)23-9-5-7-18-6-3-4-8-22(18)23/h3-13,16H,2,14-15,17H2,1H3,(H,28,30). The van der Waals surface area contributed by atoms with Gasteiger partial charge in [0.2, 0.25) is 5.91 Å². The molecule has 5 rings (SSSR count). The minimum absolute atomic E-state index is 0.0119. The molecule has 0 saturated carbocycles. The molecule has 2 heterocycles. The summed E-state index contributed by atoms with van der Waals surface area (Å²) >= 11 is 0. The number of fused-ring (bicyclic) bond motifs is 2. The highest BCUT2D eigenvalue weighted by Gasteiger charge is 2.26. The molecule has 1 aliphatic rings. The minimum atomic E-state index is -0.0119. The van der Waals surface area contributed by atoms with Gasteiger partial charge < -0.3 is 14.6 Å². The van der Waals surface area contributed by atoms with Crippen LogP contribution >= 0.6 is 0 Å². The number of hydrogen-bond donors (Lipinski definition) is 1. The van der Waals surface area contributed by atoms with Gasteiger partial charge in [0, 0.05) is 48.3 Å². The first-order valence-electron chi connectivity index (χ1n) is 10.9. The second kappa shape index (κ2) is 8.35. The maximum Gasteiger partial charge on any atom is 0.254 e. The number of anilines is 1. The van der Waals surface area contributed by atoms with Gasteiger partial charge in [-0.2, -0.15) is 0 Å². The van der Waals surface area contributed by atoms with Crippen LogP contribution in [-0.4, -0.2) is 23.3 Å². The average Bonchev–Trinajstić information content (AvgIpc) is 3.27. The van der Waals surface area contributed by atoms with Gasteiger partial charge in [-0.3, -0.25) is 9.59 Å². The summed E-state index contributed by atoms with van der Waals surface area (Å²) in [6, 6.07) is 23.5. The van der Waals surface area contributed by atoms with Crippen molar-refractivity contribution < 1.29 is 14.0 Å². The molecule has 2 amide bonds. The predicted molar refractivity (Wildman–Crippen MR) is 125 cm³/mol. The third-order valence-electron chi connectivity index (χ3n) is 5.95. The first kappa shape index (κ1) is 20.1. The Bertz CT molecular complexity index is 1300. The molecule has 0 bridgehead atoms. The molecular weight excluding hydrogens is 400 g/mol. The van der Waals surface area contributed by atoms with E-state index in [1.807, 2.05) is 84.6 Å². The van der Waals surface area contributed by atoms with Crippen molar-refractivity contribution in [1.29, 1.82) is 0 Å². The number of furan rings is 1. The van der Waals surface area contributed by atoms with Crippen LogP contribution in [-0.2, 0) is 17.8 Å². The van der Waals surface area contributed by atoms with Crippen LogP contribution in [0.3, 0.4) is 0 Å². The van der Waals surface area contributed by atoms with Gasteiger partial charge in [-0.15, -0.1) is 0 Å². The summed E-state index contributed by atoms with van der Waals surface area (Å²) in [6.07, 6.45) is 1.14. The lowest BCUT2D eigenvalue weighted by Gasteiger charge is -2.26. The Balaban J connectivity index is 1.36. The van der Waals surface area contributed by atoms with Crippen molar-refractivity contribution in [2.24, 2.45) is 0 Å². The number of nitrogens with one attached hydrogen (secondary N) is 1. The summed E-state index contributed by atoms with van der Waals surface area (Å²) in [5.74, 6) is 1.75. The number of amides is 2. The summed E-state index contributed by atoms with van der Waals surface area (Å²) in [4.78, 5) is 26.8. The zero-order valence-corrected chi connectivity index (χ0v) is 17.9.